The number of halogens is 1. The zero-order chi connectivity index (χ0) is 22.0. The lowest BCUT2D eigenvalue weighted by molar-refractivity contribution is -0.132. The van der Waals surface area contributed by atoms with Gasteiger partial charge in [0, 0.05) is 48.1 Å². The van der Waals surface area contributed by atoms with E-state index in [-0.39, 0.29) is 24.1 Å². The van der Waals surface area contributed by atoms with Gasteiger partial charge in [0.05, 0.1) is 10.9 Å². The van der Waals surface area contributed by atoms with Crippen LogP contribution in [0.25, 0.3) is 0 Å². The van der Waals surface area contributed by atoms with Crippen molar-refractivity contribution in [2.45, 2.75) is 29.9 Å². The molecule has 31 heavy (non-hydrogen) atoms. The zero-order valence-electron chi connectivity index (χ0n) is 17.3. The average molecular weight is 458 g/mol. The van der Waals surface area contributed by atoms with Crippen LogP contribution in [-0.2, 0) is 9.59 Å². The molecule has 4 rings (SSSR count). The van der Waals surface area contributed by atoms with E-state index in [9.17, 15) is 14.4 Å². The van der Waals surface area contributed by atoms with E-state index < -0.39 is 5.25 Å². The van der Waals surface area contributed by atoms with Crippen molar-refractivity contribution in [1.82, 2.24) is 9.80 Å². The summed E-state index contributed by atoms with van der Waals surface area (Å²) in [5.74, 6) is -0.246. The minimum atomic E-state index is -0.477. The first-order valence-electron chi connectivity index (χ1n) is 10.3. The van der Waals surface area contributed by atoms with E-state index >= 15 is 0 Å². The van der Waals surface area contributed by atoms with Crippen LogP contribution in [0.2, 0.25) is 5.02 Å². The van der Waals surface area contributed by atoms with Crippen LogP contribution in [0.15, 0.2) is 47.4 Å². The molecule has 1 N–H and O–H groups in total. The van der Waals surface area contributed by atoms with Crippen molar-refractivity contribution < 1.29 is 14.4 Å². The van der Waals surface area contributed by atoms with Gasteiger partial charge >= 0.3 is 0 Å². The van der Waals surface area contributed by atoms with Gasteiger partial charge in [-0.2, -0.15) is 0 Å². The number of carbonyl (C=O) groups excluding carboxylic acids is 3. The summed E-state index contributed by atoms with van der Waals surface area (Å²) in [4.78, 5) is 42.7. The van der Waals surface area contributed by atoms with E-state index in [0.29, 0.717) is 48.9 Å². The predicted molar refractivity (Wildman–Crippen MR) is 123 cm³/mol. The lowest BCUT2D eigenvalue weighted by Crippen LogP contribution is -2.40. The molecule has 162 valence electrons. The quantitative estimate of drug-likeness (QED) is 0.760. The molecular formula is C23H24ClN3O3S. The summed E-state index contributed by atoms with van der Waals surface area (Å²) in [6, 6.07) is 12.9. The third-order valence-electron chi connectivity index (χ3n) is 5.52. The van der Waals surface area contributed by atoms with Gasteiger partial charge in [0.2, 0.25) is 11.8 Å². The first-order chi connectivity index (χ1) is 14.9. The molecule has 0 aliphatic carbocycles. The Hall–Kier alpha value is -2.51. The molecule has 0 saturated carbocycles. The van der Waals surface area contributed by atoms with Crippen LogP contribution >= 0.6 is 23.4 Å². The Morgan fingerprint density at radius 3 is 2.68 bits per heavy atom. The maximum absolute atomic E-state index is 12.9. The second-order valence-electron chi connectivity index (χ2n) is 7.84. The van der Waals surface area contributed by atoms with Gasteiger partial charge in [-0.15, -0.1) is 11.8 Å². The molecule has 2 heterocycles. The highest BCUT2D eigenvalue weighted by molar-refractivity contribution is 8.01. The largest absolute Gasteiger partial charge is 0.341 e. The molecule has 1 unspecified atom stereocenters. The second kappa shape index (κ2) is 9.32. The van der Waals surface area contributed by atoms with Crippen molar-refractivity contribution in [2.24, 2.45) is 0 Å². The number of amides is 3. The minimum Gasteiger partial charge on any atom is -0.341 e. The van der Waals surface area contributed by atoms with Crippen molar-refractivity contribution >= 4 is 46.8 Å². The van der Waals surface area contributed by atoms with E-state index in [1.807, 2.05) is 42.2 Å². The van der Waals surface area contributed by atoms with Crippen LogP contribution in [-0.4, -0.2) is 59.0 Å². The molecule has 2 aromatic rings. The van der Waals surface area contributed by atoms with Crippen LogP contribution in [0.3, 0.4) is 0 Å². The Labute approximate surface area is 190 Å². The standard InChI is InChI=1S/C23H24ClN3O3S/c1-15-4-2-5-16(12-15)23(30)27-9-3-8-26(10-11-27)21(28)14-20-22(29)25-18-13-17(24)6-7-19(18)31-20/h2,4-7,12-13,20H,3,8-11,14H2,1H3,(H,25,29). The highest BCUT2D eigenvalue weighted by atomic mass is 35.5. The van der Waals surface area contributed by atoms with Crippen LogP contribution in [0.1, 0.15) is 28.8 Å². The van der Waals surface area contributed by atoms with Gasteiger partial charge in [-0.25, -0.2) is 0 Å². The van der Waals surface area contributed by atoms with E-state index in [2.05, 4.69) is 5.32 Å². The molecule has 1 saturated heterocycles. The fraction of sp³-hybridized carbons (Fsp3) is 0.348. The van der Waals surface area contributed by atoms with Crippen molar-refractivity contribution in [3.05, 3.63) is 58.6 Å². The van der Waals surface area contributed by atoms with Crippen LogP contribution < -0.4 is 5.32 Å². The minimum absolute atomic E-state index is 0.00418. The van der Waals surface area contributed by atoms with E-state index in [0.717, 1.165) is 10.5 Å². The van der Waals surface area contributed by atoms with Crippen molar-refractivity contribution in [3.63, 3.8) is 0 Å². The molecule has 2 aliphatic rings. The number of benzene rings is 2. The summed E-state index contributed by atoms with van der Waals surface area (Å²) < 4.78 is 0. The number of aryl methyl sites for hydroxylation is 1. The predicted octanol–water partition coefficient (Wildman–Crippen LogP) is 3.83. The number of fused-ring (bicyclic) bond motifs is 1. The summed E-state index contributed by atoms with van der Waals surface area (Å²) in [5, 5.41) is 2.93. The summed E-state index contributed by atoms with van der Waals surface area (Å²) in [6.45, 7) is 4.13. The van der Waals surface area contributed by atoms with E-state index in [4.69, 9.17) is 11.6 Å². The summed E-state index contributed by atoms with van der Waals surface area (Å²) in [6.07, 6.45) is 0.846. The van der Waals surface area contributed by atoms with Gasteiger partial charge in [0.15, 0.2) is 0 Å². The highest BCUT2D eigenvalue weighted by Gasteiger charge is 2.31. The Bertz CT molecular complexity index is 1030. The Kier molecular flexibility index (Phi) is 6.53. The van der Waals surface area contributed by atoms with Gasteiger partial charge in [0.25, 0.3) is 5.91 Å². The zero-order valence-corrected chi connectivity index (χ0v) is 18.8. The first-order valence-corrected chi connectivity index (χ1v) is 11.6. The molecule has 1 atom stereocenters. The number of hydrogen-bond acceptors (Lipinski definition) is 4. The Morgan fingerprint density at radius 2 is 1.87 bits per heavy atom. The van der Waals surface area contributed by atoms with Crippen LogP contribution in [0.5, 0.6) is 0 Å². The number of thioether (sulfide) groups is 1. The smallest absolute Gasteiger partial charge is 0.253 e. The van der Waals surface area contributed by atoms with Gasteiger partial charge in [-0.3, -0.25) is 14.4 Å². The third-order valence-corrected chi connectivity index (χ3v) is 7.03. The maximum Gasteiger partial charge on any atom is 0.253 e. The molecule has 2 aromatic carbocycles. The Morgan fingerprint density at radius 1 is 1.10 bits per heavy atom. The van der Waals surface area contributed by atoms with Crippen LogP contribution in [0.4, 0.5) is 5.69 Å². The molecular weight excluding hydrogens is 434 g/mol. The number of rotatable bonds is 3. The monoisotopic (exact) mass is 457 g/mol. The second-order valence-corrected chi connectivity index (χ2v) is 9.52. The number of nitrogens with zero attached hydrogens (tertiary/aromatic N) is 2. The maximum atomic E-state index is 12.9. The fourth-order valence-electron chi connectivity index (χ4n) is 3.88. The molecule has 0 aromatic heterocycles. The SMILES string of the molecule is Cc1cccc(C(=O)N2CCCN(C(=O)CC3Sc4ccc(Cl)cc4NC3=O)CC2)c1. The number of nitrogens with one attached hydrogen (secondary N) is 1. The third kappa shape index (κ3) is 5.05. The van der Waals surface area contributed by atoms with Gasteiger partial charge in [-0.1, -0.05) is 29.3 Å². The lowest BCUT2D eigenvalue weighted by Gasteiger charge is -2.27. The first kappa shape index (κ1) is 21.7. The summed E-state index contributed by atoms with van der Waals surface area (Å²) in [7, 11) is 0. The number of carbonyl (C=O) groups is 3. The van der Waals surface area contributed by atoms with Crippen molar-refractivity contribution in [3.8, 4) is 0 Å². The average Bonchev–Trinajstić information content (AvgIpc) is 3.00. The van der Waals surface area contributed by atoms with E-state index in [1.165, 1.54) is 11.8 Å². The highest BCUT2D eigenvalue weighted by Crippen LogP contribution is 2.38. The molecule has 1 fully saturated rings. The molecule has 3 amide bonds. The molecule has 8 heteroatoms. The van der Waals surface area contributed by atoms with Crippen molar-refractivity contribution in [2.75, 3.05) is 31.5 Å². The number of hydrogen-bond donors (Lipinski definition) is 1. The molecule has 0 spiro atoms. The van der Waals surface area contributed by atoms with Gasteiger partial charge in [0.1, 0.15) is 0 Å². The molecule has 6 nitrogen and oxygen atoms in total. The van der Waals surface area contributed by atoms with E-state index in [1.54, 1.807) is 17.0 Å². The number of anilines is 1. The fourth-order valence-corrected chi connectivity index (χ4v) is 5.13. The molecule has 0 bridgehead atoms. The molecule has 0 radical (unpaired) electrons. The van der Waals surface area contributed by atoms with Gasteiger partial charge < -0.3 is 15.1 Å². The van der Waals surface area contributed by atoms with Crippen molar-refractivity contribution in [1.29, 1.82) is 0 Å². The lowest BCUT2D eigenvalue weighted by atomic mass is 10.1. The Balaban J connectivity index is 1.36. The van der Waals surface area contributed by atoms with Crippen LogP contribution in [0, 0.1) is 6.92 Å². The van der Waals surface area contributed by atoms with Gasteiger partial charge in [-0.05, 0) is 43.7 Å². The summed E-state index contributed by atoms with van der Waals surface area (Å²) in [5.41, 5.74) is 2.41. The topological polar surface area (TPSA) is 69.7 Å². The molecule has 2 aliphatic heterocycles. The summed E-state index contributed by atoms with van der Waals surface area (Å²) >= 11 is 7.39. The normalized spacial score (nSPS) is 18.8.